The van der Waals surface area contributed by atoms with Crippen LogP contribution in [-0.4, -0.2) is 33.7 Å². The number of fused-ring (bicyclic) bond motifs is 2. The number of alkyl halides is 2. The number of aryl methyl sites for hydroxylation is 1. The van der Waals surface area contributed by atoms with E-state index in [1.807, 2.05) is 34.0 Å². The topological polar surface area (TPSA) is 38.1 Å². The van der Waals surface area contributed by atoms with Gasteiger partial charge in [-0.25, -0.2) is 17.9 Å². The van der Waals surface area contributed by atoms with Crippen molar-refractivity contribution in [1.29, 1.82) is 0 Å². The van der Waals surface area contributed by atoms with Crippen molar-refractivity contribution in [1.82, 2.24) is 14.7 Å². The summed E-state index contributed by atoms with van der Waals surface area (Å²) in [6.45, 7) is 3.15. The van der Waals surface area contributed by atoms with Gasteiger partial charge in [0.05, 0.1) is 17.4 Å². The zero-order valence-electron chi connectivity index (χ0n) is 21.8. The summed E-state index contributed by atoms with van der Waals surface area (Å²) in [5, 5.41) is 5.56. The molecule has 3 unspecified atom stereocenters. The number of aromatic nitrogens is 2. The van der Waals surface area contributed by atoms with Crippen molar-refractivity contribution >= 4 is 16.8 Å². The molecule has 200 valence electrons. The highest BCUT2D eigenvalue weighted by atomic mass is 19.3. The summed E-state index contributed by atoms with van der Waals surface area (Å²) in [4.78, 5) is 15.3. The number of likely N-dealkylation sites (tertiary alicyclic amines) is 1. The maximum atomic E-state index is 13.5. The molecule has 7 heteroatoms. The predicted molar refractivity (Wildman–Crippen MR) is 147 cm³/mol. The number of hydrogen-bond acceptors (Lipinski definition) is 2. The van der Waals surface area contributed by atoms with Crippen LogP contribution in [0, 0.1) is 18.7 Å². The van der Waals surface area contributed by atoms with Crippen LogP contribution in [0.1, 0.15) is 45.0 Å². The summed E-state index contributed by atoms with van der Waals surface area (Å²) in [7, 11) is 0. The highest BCUT2D eigenvalue weighted by Gasteiger charge is 2.70. The van der Waals surface area contributed by atoms with Gasteiger partial charge >= 0.3 is 0 Å². The van der Waals surface area contributed by atoms with E-state index in [2.05, 4.69) is 36.3 Å². The minimum Gasteiger partial charge on any atom is -0.337 e. The minimum absolute atomic E-state index is 0.147. The molecule has 4 nitrogen and oxygen atoms in total. The highest BCUT2D eigenvalue weighted by Crippen LogP contribution is 2.70. The van der Waals surface area contributed by atoms with Crippen LogP contribution < -0.4 is 0 Å². The largest absolute Gasteiger partial charge is 0.337 e. The summed E-state index contributed by atoms with van der Waals surface area (Å²) < 4.78 is 42.0. The zero-order valence-corrected chi connectivity index (χ0v) is 21.8. The number of halogens is 3. The molecule has 0 radical (unpaired) electrons. The Morgan fingerprint density at radius 2 is 1.75 bits per heavy atom. The highest BCUT2D eigenvalue weighted by molar-refractivity contribution is 5.95. The lowest BCUT2D eigenvalue weighted by Crippen LogP contribution is -2.34. The van der Waals surface area contributed by atoms with Gasteiger partial charge in [0.15, 0.2) is 0 Å². The molecule has 1 amide bonds. The van der Waals surface area contributed by atoms with Crippen LogP contribution in [-0.2, 0) is 5.41 Å². The second kappa shape index (κ2) is 9.08. The van der Waals surface area contributed by atoms with Gasteiger partial charge in [0.2, 0.25) is 0 Å². The molecule has 0 spiro atoms. The van der Waals surface area contributed by atoms with Crippen LogP contribution in [0.2, 0.25) is 0 Å². The molecular formula is C33H26F3N3O. The van der Waals surface area contributed by atoms with E-state index < -0.39 is 6.43 Å². The van der Waals surface area contributed by atoms with Gasteiger partial charge in [-0.2, -0.15) is 5.10 Å². The van der Waals surface area contributed by atoms with Gasteiger partial charge in [0.1, 0.15) is 5.82 Å². The number of amides is 1. The lowest BCUT2D eigenvalue weighted by atomic mass is 9.86. The third-order valence-corrected chi connectivity index (χ3v) is 8.70. The zero-order chi connectivity index (χ0) is 27.6. The van der Waals surface area contributed by atoms with Gasteiger partial charge in [0.25, 0.3) is 12.3 Å². The molecule has 1 aromatic heterocycles. The predicted octanol–water partition coefficient (Wildman–Crippen LogP) is 7.22. The lowest BCUT2D eigenvalue weighted by molar-refractivity contribution is 0.0768. The normalized spacial score (nSPS) is 21.7. The van der Waals surface area contributed by atoms with Crippen LogP contribution in [0.15, 0.2) is 97.2 Å². The molecule has 2 fully saturated rings. The molecule has 7 rings (SSSR count). The van der Waals surface area contributed by atoms with E-state index in [0.717, 1.165) is 22.2 Å². The Hall–Kier alpha value is -4.39. The second-order valence-electron chi connectivity index (χ2n) is 10.9. The fraction of sp³-hybridized carbons (Fsp3) is 0.212. The summed E-state index contributed by atoms with van der Waals surface area (Å²) in [5.41, 5.74) is 5.06. The molecule has 2 aliphatic rings. The summed E-state index contributed by atoms with van der Waals surface area (Å²) in [6.07, 6.45) is -0.806. The smallest absolute Gasteiger partial charge is 0.263 e. The van der Waals surface area contributed by atoms with Crippen LogP contribution in [0.4, 0.5) is 13.2 Å². The van der Waals surface area contributed by atoms with Gasteiger partial charge in [0, 0.05) is 40.9 Å². The first-order valence-electron chi connectivity index (χ1n) is 13.3. The summed E-state index contributed by atoms with van der Waals surface area (Å²) in [6, 6.07) is 26.7. The van der Waals surface area contributed by atoms with E-state index in [1.54, 1.807) is 18.2 Å². The molecule has 1 aliphatic heterocycles. The van der Waals surface area contributed by atoms with Gasteiger partial charge in [-0.05, 0) is 78.1 Å². The quantitative estimate of drug-likeness (QED) is 0.238. The van der Waals surface area contributed by atoms with Crippen molar-refractivity contribution in [2.75, 3.05) is 13.1 Å². The number of carbonyl (C=O) groups excluding carboxylic acids is 1. The van der Waals surface area contributed by atoms with Gasteiger partial charge < -0.3 is 4.90 Å². The fourth-order valence-electron chi connectivity index (χ4n) is 6.88. The molecule has 5 aromatic rings. The fourth-order valence-corrected chi connectivity index (χ4v) is 6.88. The van der Waals surface area contributed by atoms with Crippen molar-refractivity contribution in [3.05, 3.63) is 131 Å². The average molecular weight is 538 g/mol. The first-order chi connectivity index (χ1) is 19.4. The summed E-state index contributed by atoms with van der Waals surface area (Å²) >= 11 is 0. The Morgan fingerprint density at radius 1 is 0.975 bits per heavy atom. The molecule has 1 aliphatic carbocycles. The molecule has 1 saturated carbocycles. The van der Waals surface area contributed by atoms with Crippen LogP contribution in [0.25, 0.3) is 16.6 Å². The molecule has 1 saturated heterocycles. The molecule has 0 bridgehead atoms. The Morgan fingerprint density at radius 3 is 2.50 bits per heavy atom. The molecule has 4 aromatic carbocycles. The Bertz CT molecular complexity index is 1750. The van der Waals surface area contributed by atoms with Gasteiger partial charge in [-0.3, -0.25) is 4.79 Å². The molecule has 2 heterocycles. The first-order valence-corrected chi connectivity index (χ1v) is 13.3. The second-order valence-corrected chi connectivity index (χ2v) is 10.9. The van der Waals surface area contributed by atoms with Crippen molar-refractivity contribution in [2.45, 2.75) is 24.7 Å². The monoisotopic (exact) mass is 537 g/mol. The Labute approximate surface area is 229 Å². The van der Waals surface area contributed by atoms with E-state index in [0.29, 0.717) is 18.7 Å². The van der Waals surface area contributed by atoms with Crippen molar-refractivity contribution in [3.63, 3.8) is 0 Å². The Kier molecular flexibility index (Phi) is 5.59. The van der Waals surface area contributed by atoms with E-state index in [9.17, 15) is 18.0 Å². The number of nitrogens with zero attached hydrogens (tertiary/aromatic N) is 3. The van der Waals surface area contributed by atoms with E-state index in [4.69, 9.17) is 0 Å². The van der Waals surface area contributed by atoms with E-state index >= 15 is 0 Å². The molecule has 3 atom stereocenters. The van der Waals surface area contributed by atoms with Gasteiger partial charge in [-0.15, -0.1) is 0 Å². The van der Waals surface area contributed by atoms with Crippen LogP contribution in [0.3, 0.4) is 0 Å². The lowest BCUT2D eigenvalue weighted by Gasteiger charge is -2.26. The summed E-state index contributed by atoms with van der Waals surface area (Å²) in [5.74, 6) is -0.0663. The first kappa shape index (κ1) is 24.6. The maximum Gasteiger partial charge on any atom is 0.263 e. The minimum atomic E-state index is -2.63. The van der Waals surface area contributed by atoms with E-state index in [1.165, 1.54) is 41.5 Å². The van der Waals surface area contributed by atoms with Crippen molar-refractivity contribution in [3.8, 4) is 5.69 Å². The molecule has 40 heavy (non-hydrogen) atoms. The average Bonchev–Trinajstić information content (AvgIpc) is 3.22. The number of carbonyl (C=O) groups is 1. The van der Waals surface area contributed by atoms with Crippen LogP contribution in [0.5, 0.6) is 0 Å². The van der Waals surface area contributed by atoms with E-state index in [-0.39, 0.29) is 34.5 Å². The molecular weight excluding hydrogens is 511 g/mol. The van der Waals surface area contributed by atoms with Crippen molar-refractivity contribution in [2.24, 2.45) is 5.92 Å². The van der Waals surface area contributed by atoms with Crippen molar-refractivity contribution < 1.29 is 18.0 Å². The number of hydrogen-bond donors (Lipinski definition) is 0. The molecule has 0 N–H and O–H groups in total. The van der Waals surface area contributed by atoms with Gasteiger partial charge in [-0.1, -0.05) is 42.5 Å². The third-order valence-electron chi connectivity index (χ3n) is 8.70. The van der Waals surface area contributed by atoms with Crippen LogP contribution >= 0.6 is 0 Å². The maximum absolute atomic E-state index is 13.5. The number of piperidine rings is 1. The standard InChI is InChI=1S/C33H26F3N3O/c1-20-14-29-24(17-37-39(29)26-12-10-25(34)11-13-26)16-27(20)33-19-38(18-28(33)30(33)21-6-3-2-4-7-21)32(40)23-9-5-8-22(15-23)31(35)36/h2-17,28,30-31H,18-19H2,1H3. The SMILES string of the molecule is Cc1cc2c(cnn2-c2ccc(F)cc2)cc1C12CN(C(=O)c3cccc(C(F)F)c3)CC1C2c1ccccc1. The third kappa shape index (κ3) is 3.75. The number of benzene rings is 4. The number of rotatable bonds is 5. The Balaban J connectivity index is 1.28.